The van der Waals surface area contributed by atoms with Crippen molar-refractivity contribution in [3.05, 3.63) is 23.8 Å². The lowest BCUT2D eigenvalue weighted by molar-refractivity contribution is 0.674. The van der Waals surface area contributed by atoms with E-state index in [2.05, 4.69) is 26.0 Å². The van der Waals surface area contributed by atoms with Gasteiger partial charge in [-0.25, -0.2) is 0 Å². The molecule has 0 bridgehead atoms. The Balaban J connectivity index is 3.68. The molecule has 0 saturated heterocycles. The molecule has 84 valence electrons. The van der Waals surface area contributed by atoms with Crippen LogP contribution in [0.4, 0.5) is 0 Å². The summed E-state index contributed by atoms with van der Waals surface area (Å²) in [6.45, 7) is 4.34. The minimum absolute atomic E-state index is 0.812. The number of hydrogen-bond donors (Lipinski definition) is 0. The third-order valence-electron chi connectivity index (χ3n) is 2.30. The Labute approximate surface area is 94.5 Å². The van der Waals surface area contributed by atoms with Crippen molar-refractivity contribution in [2.75, 3.05) is 0 Å². The third kappa shape index (κ3) is 9.28. The molecular formula is C14H23N. The highest BCUT2D eigenvalue weighted by Crippen LogP contribution is 2.05. The lowest BCUT2D eigenvalue weighted by atomic mass is 10.1. The molecule has 0 unspecified atom stereocenters. The Morgan fingerprint density at radius 2 is 1.87 bits per heavy atom. The minimum atomic E-state index is 0.812. The molecule has 15 heavy (non-hydrogen) atoms. The molecule has 0 fully saturated rings. The molecule has 0 amide bonds. The fourth-order valence-corrected chi connectivity index (χ4v) is 1.35. The first-order chi connectivity index (χ1) is 7.35. The summed E-state index contributed by atoms with van der Waals surface area (Å²) < 4.78 is 0. The molecule has 0 aromatic carbocycles. The quantitative estimate of drug-likeness (QED) is 0.318. The molecule has 0 aliphatic rings. The number of nitriles is 1. The largest absolute Gasteiger partial charge is 0.192 e. The van der Waals surface area contributed by atoms with Crippen LogP contribution in [0.25, 0.3) is 0 Å². The SMILES string of the molecule is CCC/C=C(C#N)\C=C\CCCCCC. The van der Waals surface area contributed by atoms with Gasteiger partial charge in [-0.05, 0) is 25.3 Å². The molecule has 0 rings (SSSR count). The number of rotatable bonds is 8. The van der Waals surface area contributed by atoms with Crippen LogP contribution in [0.1, 0.15) is 58.8 Å². The summed E-state index contributed by atoms with van der Waals surface area (Å²) in [7, 11) is 0. The highest BCUT2D eigenvalue weighted by atomic mass is 14.2. The summed E-state index contributed by atoms with van der Waals surface area (Å²) in [5.41, 5.74) is 0.812. The van der Waals surface area contributed by atoms with Gasteiger partial charge in [-0.1, -0.05) is 51.7 Å². The van der Waals surface area contributed by atoms with E-state index in [1.165, 1.54) is 25.7 Å². The molecule has 0 aromatic heterocycles. The predicted octanol–water partition coefficient (Wildman–Crippen LogP) is 4.76. The summed E-state index contributed by atoms with van der Waals surface area (Å²) in [6.07, 6.45) is 14.5. The number of hydrogen-bond acceptors (Lipinski definition) is 1. The topological polar surface area (TPSA) is 23.8 Å². The predicted molar refractivity (Wildman–Crippen MR) is 66.5 cm³/mol. The van der Waals surface area contributed by atoms with Crippen LogP contribution < -0.4 is 0 Å². The molecule has 1 heteroatoms. The molecule has 0 aromatic rings. The zero-order valence-electron chi connectivity index (χ0n) is 10.1. The van der Waals surface area contributed by atoms with Crippen molar-refractivity contribution in [3.8, 4) is 6.07 Å². The third-order valence-corrected chi connectivity index (χ3v) is 2.30. The van der Waals surface area contributed by atoms with E-state index in [-0.39, 0.29) is 0 Å². The van der Waals surface area contributed by atoms with Crippen LogP contribution in [0.2, 0.25) is 0 Å². The molecule has 1 nitrogen and oxygen atoms in total. The van der Waals surface area contributed by atoms with Gasteiger partial charge in [0, 0.05) is 5.57 Å². The fourth-order valence-electron chi connectivity index (χ4n) is 1.35. The van der Waals surface area contributed by atoms with Gasteiger partial charge < -0.3 is 0 Å². The van der Waals surface area contributed by atoms with E-state index in [0.717, 1.165) is 24.8 Å². The van der Waals surface area contributed by atoms with Crippen molar-refractivity contribution in [2.45, 2.75) is 58.8 Å². The van der Waals surface area contributed by atoms with Gasteiger partial charge in [0.25, 0.3) is 0 Å². The number of nitrogens with zero attached hydrogens (tertiary/aromatic N) is 1. The van der Waals surface area contributed by atoms with E-state index in [4.69, 9.17) is 5.26 Å². The smallest absolute Gasteiger partial charge is 0.0988 e. The fraction of sp³-hybridized carbons (Fsp3) is 0.643. The summed E-state index contributed by atoms with van der Waals surface area (Å²) in [6, 6.07) is 2.21. The van der Waals surface area contributed by atoms with Crippen molar-refractivity contribution in [1.82, 2.24) is 0 Å². The second-order valence-electron chi connectivity index (χ2n) is 3.81. The van der Waals surface area contributed by atoms with Crippen molar-refractivity contribution < 1.29 is 0 Å². The van der Waals surface area contributed by atoms with Crippen LogP contribution in [0, 0.1) is 11.3 Å². The highest BCUT2D eigenvalue weighted by molar-refractivity contribution is 5.32. The van der Waals surface area contributed by atoms with Gasteiger partial charge >= 0.3 is 0 Å². The molecule has 0 radical (unpaired) electrons. The maximum atomic E-state index is 8.82. The Kier molecular flexibility index (Phi) is 10.3. The van der Waals surface area contributed by atoms with E-state index in [1.807, 2.05) is 12.2 Å². The Hall–Kier alpha value is -1.03. The maximum Gasteiger partial charge on any atom is 0.0988 e. The molecule has 0 heterocycles. The van der Waals surface area contributed by atoms with Crippen molar-refractivity contribution in [1.29, 1.82) is 5.26 Å². The first-order valence-corrected chi connectivity index (χ1v) is 6.12. The Morgan fingerprint density at radius 3 is 2.47 bits per heavy atom. The average molecular weight is 205 g/mol. The molecule has 0 aliphatic carbocycles. The van der Waals surface area contributed by atoms with Crippen LogP contribution in [-0.4, -0.2) is 0 Å². The first kappa shape index (κ1) is 14.0. The molecular weight excluding hydrogens is 182 g/mol. The van der Waals surface area contributed by atoms with E-state index < -0.39 is 0 Å². The van der Waals surface area contributed by atoms with E-state index in [9.17, 15) is 0 Å². The van der Waals surface area contributed by atoms with Crippen LogP contribution in [0.15, 0.2) is 23.8 Å². The summed E-state index contributed by atoms with van der Waals surface area (Å²) in [5, 5.41) is 8.82. The van der Waals surface area contributed by atoms with Crippen molar-refractivity contribution >= 4 is 0 Å². The second kappa shape index (κ2) is 11.0. The minimum Gasteiger partial charge on any atom is -0.192 e. The molecule has 0 atom stereocenters. The molecule has 0 spiro atoms. The summed E-state index contributed by atoms with van der Waals surface area (Å²) >= 11 is 0. The lowest BCUT2D eigenvalue weighted by Gasteiger charge is -1.94. The zero-order chi connectivity index (χ0) is 11.4. The monoisotopic (exact) mass is 205 g/mol. The lowest BCUT2D eigenvalue weighted by Crippen LogP contribution is -1.76. The van der Waals surface area contributed by atoms with Crippen molar-refractivity contribution in [3.63, 3.8) is 0 Å². The van der Waals surface area contributed by atoms with Gasteiger partial charge in [-0.3, -0.25) is 0 Å². The first-order valence-electron chi connectivity index (χ1n) is 6.12. The average Bonchev–Trinajstić information content (AvgIpc) is 2.27. The van der Waals surface area contributed by atoms with Crippen LogP contribution in [0.3, 0.4) is 0 Å². The van der Waals surface area contributed by atoms with Crippen LogP contribution in [-0.2, 0) is 0 Å². The number of allylic oxidation sites excluding steroid dienone is 4. The van der Waals surface area contributed by atoms with Gasteiger partial charge in [0.2, 0.25) is 0 Å². The van der Waals surface area contributed by atoms with Crippen molar-refractivity contribution in [2.24, 2.45) is 0 Å². The molecule has 0 aliphatic heterocycles. The van der Waals surface area contributed by atoms with Gasteiger partial charge in [0.15, 0.2) is 0 Å². The molecule has 0 saturated carbocycles. The van der Waals surface area contributed by atoms with Crippen LogP contribution >= 0.6 is 0 Å². The zero-order valence-corrected chi connectivity index (χ0v) is 10.1. The summed E-state index contributed by atoms with van der Waals surface area (Å²) in [4.78, 5) is 0. The van der Waals surface area contributed by atoms with E-state index >= 15 is 0 Å². The van der Waals surface area contributed by atoms with Gasteiger partial charge in [0.1, 0.15) is 0 Å². The second-order valence-corrected chi connectivity index (χ2v) is 3.81. The molecule has 0 N–H and O–H groups in total. The van der Waals surface area contributed by atoms with Gasteiger partial charge in [-0.15, -0.1) is 0 Å². The van der Waals surface area contributed by atoms with E-state index in [1.54, 1.807) is 0 Å². The van der Waals surface area contributed by atoms with Crippen LogP contribution in [0.5, 0.6) is 0 Å². The summed E-state index contributed by atoms with van der Waals surface area (Å²) in [5.74, 6) is 0. The Morgan fingerprint density at radius 1 is 1.07 bits per heavy atom. The number of unbranched alkanes of at least 4 members (excludes halogenated alkanes) is 5. The van der Waals surface area contributed by atoms with Gasteiger partial charge in [-0.2, -0.15) is 5.26 Å². The van der Waals surface area contributed by atoms with E-state index in [0.29, 0.717) is 0 Å². The Bertz CT molecular complexity index is 230. The normalized spacial score (nSPS) is 11.9. The highest BCUT2D eigenvalue weighted by Gasteiger charge is 1.88. The standard InChI is InChI=1S/C14H23N/c1-3-5-7-8-9-10-12-14(13-15)11-6-4-2/h10-12H,3-9H2,1-2H3/b12-10+,14-11+. The maximum absolute atomic E-state index is 8.82. The van der Waals surface area contributed by atoms with Gasteiger partial charge in [0.05, 0.1) is 6.07 Å².